The molecule has 2 rings (SSSR count). The highest BCUT2D eigenvalue weighted by Gasteiger charge is 2.22. The van der Waals surface area contributed by atoms with Crippen LogP contribution in [0.4, 0.5) is 0 Å². The van der Waals surface area contributed by atoms with E-state index in [1.165, 1.54) is 0 Å². The number of nitrogens with zero attached hydrogens (tertiary/aromatic N) is 1. The summed E-state index contributed by atoms with van der Waals surface area (Å²) >= 11 is 0. The third kappa shape index (κ3) is 4.12. The molecule has 1 aliphatic rings. The maximum atomic E-state index is 12.3. The highest BCUT2D eigenvalue weighted by molar-refractivity contribution is 5.94. The molecule has 0 aliphatic carbocycles. The van der Waals surface area contributed by atoms with Crippen molar-refractivity contribution in [3.63, 3.8) is 0 Å². The lowest BCUT2D eigenvalue weighted by molar-refractivity contribution is 0.0707. The molecule has 1 fully saturated rings. The number of benzene rings is 1. The molecule has 1 saturated heterocycles. The lowest BCUT2D eigenvalue weighted by Crippen LogP contribution is -2.43. The van der Waals surface area contributed by atoms with Crippen LogP contribution in [0.15, 0.2) is 24.3 Å². The fourth-order valence-electron chi connectivity index (χ4n) is 2.41. The van der Waals surface area contributed by atoms with Crippen molar-refractivity contribution >= 4 is 18.3 Å². The molecular weight excluding hydrogens is 276 g/mol. The van der Waals surface area contributed by atoms with Gasteiger partial charge in [-0.05, 0) is 51.1 Å². The number of carbonyl (C=O) groups is 1. The van der Waals surface area contributed by atoms with Gasteiger partial charge in [0.25, 0.3) is 5.91 Å². The SMILES string of the molecule is CCOc1ccc(C(=O)N2CCC(NC)CC2)cc1.Cl. The minimum absolute atomic E-state index is 0. The van der Waals surface area contributed by atoms with E-state index in [2.05, 4.69) is 5.32 Å². The van der Waals surface area contributed by atoms with Crippen molar-refractivity contribution in [2.45, 2.75) is 25.8 Å². The van der Waals surface area contributed by atoms with E-state index in [1.54, 1.807) is 0 Å². The second kappa shape index (κ2) is 8.12. The van der Waals surface area contributed by atoms with Crippen molar-refractivity contribution in [2.75, 3.05) is 26.7 Å². The number of rotatable bonds is 4. The molecule has 1 aromatic rings. The number of hydrogen-bond acceptors (Lipinski definition) is 3. The Balaban J connectivity index is 0.00000200. The fourth-order valence-corrected chi connectivity index (χ4v) is 2.41. The number of carbonyl (C=O) groups excluding carboxylic acids is 1. The zero-order valence-electron chi connectivity index (χ0n) is 12.1. The average Bonchev–Trinajstić information content (AvgIpc) is 2.48. The fraction of sp³-hybridized carbons (Fsp3) is 0.533. The van der Waals surface area contributed by atoms with Crippen LogP contribution in [0.5, 0.6) is 5.75 Å². The lowest BCUT2D eigenvalue weighted by atomic mass is 10.0. The van der Waals surface area contributed by atoms with Crippen LogP contribution >= 0.6 is 12.4 Å². The predicted molar refractivity (Wildman–Crippen MR) is 82.8 cm³/mol. The van der Waals surface area contributed by atoms with E-state index in [-0.39, 0.29) is 18.3 Å². The number of nitrogens with one attached hydrogen (secondary N) is 1. The summed E-state index contributed by atoms with van der Waals surface area (Å²) < 4.78 is 5.38. The Morgan fingerprint density at radius 2 is 1.90 bits per heavy atom. The summed E-state index contributed by atoms with van der Waals surface area (Å²) in [6.07, 6.45) is 2.05. The molecule has 0 spiro atoms. The van der Waals surface area contributed by atoms with Crippen molar-refractivity contribution < 1.29 is 9.53 Å². The van der Waals surface area contributed by atoms with Crippen molar-refractivity contribution in [2.24, 2.45) is 0 Å². The van der Waals surface area contributed by atoms with E-state index in [1.807, 2.05) is 43.1 Å². The molecule has 5 heteroatoms. The van der Waals surface area contributed by atoms with Gasteiger partial charge in [0.1, 0.15) is 5.75 Å². The number of halogens is 1. The van der Waals surface area contributed by atoms with Crippen molar-refractivity contribution in [3.05, 3.63) is 29.8 Å². The molecule has 0 unspecified atom stereocenters. The number of amides is 1. The van der Waals surface area contributed by atoms with Crippen LogP contribution in [0.3, 0.4) is 0 Å². The van der Waals surface area contributed by atoms with E-state index in [4.69, 9.17) is 4.74 Å². The number of piperidine rings is 1. The first-order valence-electron chi connectivity index (χ1n) is 6.94. The van der Waals surface area contributed by atoms with E-state index < -0.39 is 0 Å². The maximum absolute atomic E-state index is 12.3. The highest BCUT2D eigenvalue weighted by atomic mass is 35.5. The second-order valence-corrected chi connectivity index (χ2v) is 4.81. The number of likely N-dealkylation sites (tertiary alicyclic amines) is 1. The highest BCUT2D eigenvalue weighted by Crippen LogP contribution is 2.16. The van der Waals surface area contributed by atoms with Gasteiger partial charge in [-0.15, -0.1) is 12.4 Å². The first kappa shape index (κ1) is 16.8. The van der Waals surface area contributed by atoms with Crippen molar-refractivity contribution in [3.8, 4) is 5.75 Å². The van der Waals surface area contributed by atoms with Crippen LogP contribution in [0, 0.1) is 0 Å². The standard InChI is InChI=1S/C15H22N2O2.ClH/c1-3-19-14-6-4-12(5-7-14)15(18)17-10-8-13(16-2)9-11-17;/h4-7,13,16H,3,8-11H2,1-2H3;1H. The molecule has 0 atom stereocenters. The Labute approximate surface area is 126 Å². The molecule has 4 nitrogen and oxygen atoms in total. The topological polar surface area (TPSA) is 41.6 Å². The molecule has 1 N–H and O–H groups in total. The van der Waals surface area contributed by atoms with Crippen molar-refractivity contribution in [1.82, 2.24) is 10.2 Å². The van der Waals surface area contributed by atoms with E-state index >= 15 is 0 Å². The summed E-state index contributed by atoms with van der Waals surface area (Å²) in [6, 6.07) is 7.95. The molecule has 0 bridgehead atoms. The second-order valence-electron chi connectivity index (χ2n) is 4.81. The molecular formula is C15H23ClN2O2. The third-order valence-electron chi connectivity index (χ3n) is 3.60. The molecule has 0 aromatic heterocycles. The summed E-state index contributed by atoms with van der Waals surface area (Å²) in [5.41, 5.74) is 0.742. The summed E-state index contributed by atoms with van der Waals surface area (Å²) in [5.74, 6) is 0.936. The molecule has 1 amide bonds. The Bertz CT molecular complexity index is 414. The summed E-state index contributed by atoms with van der Waals surface area (Å²) in [4.78, 5) is 14.3. The quantitative estimate of drug-likeness (QED) is 0.927. The Hall–Kier alpha value is -1.26. The van der Waals surface area contributed by atoms with Gasteiger partial charge >= 0.3 is 0 Å². The van der Waals surface area contributed by atoms with Gasteiger partial charge in [0.2, 0.25) is 0 Å². The number of hydrogen-bond donors (Lipinski definition) is 1. The Morgan fingerprint density at radius 1 is 1.30 bits per heavy atom. The minimum atomic E-state index is 0. The average molecular weight is 299 g/mol. The molecule has 1 heterocycles. The van der Waals surface area contributed by atoms with Gasteiger partial charge in [-0.25, -0.2) is 0 Å². The predicted octanol–water partition coefficient (Wildman–Crippen LogP) is 2.33. The van der Waals surface area contributed by atoms with E-state index in [9.17, 15) is 4.79 Å². The van der Waals surface area contributed by atoms with Gasteiger partial charge in [-0.3, -0.25) is 4.79 Å². The van der Waals surface area contributed by atoms with Crippen LogP contribution in [-0.4, -0.2) is 43.6 Å². The van der Waals surface area contributed by atoms with Crippen LogP contribution in [0.1, 0.15) is 30.1 Å². The largest absolute Gasteiger partial charge is 0.494 e. The smallest absolute Gasteiger partial charge is 0.253 e. The molecule has 0 saturated carbocycles. The van der Waals surface area contributed by atoms with Crippen LogP contribution in [0.2, 0.25) is 0 Å². The molecule has 1 aliphatic heterocycles. The monoisotopic (exact) mass is 298 g/mol. The lowest BCUT2D eigenvalue weighted by Gasteiger charge is -2.31. The van der Waals surface area contributed by atoms with Gasteiger partial charge in [0.15, 0.2) is 0 Å². The van der Waals surface area contributed by atoms with Crippen LogP contribution in [-0.2, 0) is 0 Å². The van der Waals surface area contributed by atoms with Gasteiger partial charge in [-0.2, -0.15) is 0 Å². The Kier molecular flexibility index (Phi) is 6.82. The van der Waals surface area contributed by atoms with Gasteiger partial charge in [0, 0.05) is 24.7 Å². The third-order valence-corrected chi connectivity index (χ3v) is 3.60. The maximum Gasteiger partial charge on any atom is 0.253 e. The summed E-state index contributed by atoms with van der Waals surface area (Å²) in [7, 11) is 1.98. The van der Waals surface area contributed by atoms with E-state index in [0.717, 1.165) is 37.2 Å². The first-order valence-corrected chi connectivity index (χ1v) is 6.94. The molecule has 20 heavy (non-hydrogen) atoms. The van der Waals surface area contributed by atoms with Crippen molar-refractivity contribution in [1.29, 1.82) is 0 Å². The Morgan fingerprint density at radius 3 is 2.40 bits per heavy atom. The molecule has 112 valence electrons. The minimum Gasteiger partial charge on any atom is -0.494 e. The van der Waals surface area contributed by atoms with Gasteiger partial charge in [-0.1, -0.05) is 0 Å². The first-order chi connectivity index (χ1) is 9.24. The van der Waals surface area contributed by atoms with Crippen LogP contribution < -0.4 is 10.1 Å². The summed E-state index contributed by atoms with van der Waals surface area (Å²) in [5, 5.41) is 3.27. The van der Waals surface area contributed by atoms with Gasteiger partial charge < -0.3 is 15.0 Å². The zero-order valence-corrected chi connectivity index (χ0v) is 12.9. The van der Waals surface area contributed by atoms with Gasteiger partial charge in [0.05, 0.1) is 6.61 Å². The molecule has 1 aromatic carbocycles. The normalized spacial score (nSPS) is 15.6. The van der Waals surface area contributed by atoms with E-state index in [0.29, 0.717) is 12.6 Å². The zero-order chi connectivity index (χ0) is 13.7. The summed E-state index contributed by atoms with van der Waals surface area (Å²) in [6.45, 7) is 4.25. The molecule has 0 radical (unpaired) electrons. The number of ether oxygens (including phenoxy) is 1. The van der Waals surface area contributed by atoms with Crippen LogP contribution in [0.25, 0.3) is 0 Å².